The molecule has 0 fully saturated rings. The summed E-state index contributed by atoms with van der Waals surface area (Å²) in [6, 6.07) is 1.72. The van der Waals surface area contributed by atoms with Crippen molar-refractivity contribution in [1.29, 1.82) is 0 Å². The van der Waals surface area contributed by atoms with Crippen LogP contribution in [0.2, 0.25) is 0 Å². The number of carbonyl (C=O) groups excluding carboxylic acids is 2. The zero-order valence-electron chi connectivity index (χ0n) is 9.30. The average Bonchev–Trinajstić information content (AvgIpc) is 2.70. The lowest BCUT2D eigenvalue weighted by molar-refractivity contribution is -0.138. The van der Waals surface area contributed by atoms with Crippen LogP contribution in [0.1, 0.15) is 29.1 Å². The van der Waals surface area contributed by atoms with Crippen LogP contribution in [0.5, 0.6) is 0 Å². The molecule has 1 aromatic heterocycles. The van der Waals surface area contributed by atoms with E-state index in [4.69, 9.17) is 4.74 Å². The summed E-state index contributed by atoms with van der Waals surface area (Å²) < 4.78 is 4.97. The van der Waals surface area contributed by atoms with Gasteiger partial charge >= 0.3 is 5.97 Å². The first-order valence-corrected chi connectivity index (χ1v) is 5.89. The topological polar surface area (TPSA) is 43.4 Å². The Morgan fingerprint density at radius 3 is 2.94 bits per heavy atom. The highest BCUT2D eigenvalue weighted by Gasteiger charge is 2.02. The minimum Gasteiger partial charge on any atom is -0.462 e. The molecule has 0 atom stereocenters. The molecule has 0 spiro atoms. The van der Waals surface area contributed by atoms with Crippen LogP contribution in [-0.4, -0.2) is 18.9 Å². The highest BCUT2D eigenvalue weighted by Crippen LogP contribution is 2.16. The van der Waals surface area contributed by atoms with Gasteiger partial charge in [0, 0.05) is 16.5 Å². The van der Waals surface area contributed by atoms with E-state index in [0.717, 1.165) is 11.2 Å². The van der Waals surface area contributed by atoms with E-state index < -0.39 is 0 Å². The SMILES string of the molecule is CC(C)COC(=O)/C=C/c1sccc1C=O. The van der Waals surface area contributed by atoms with E-state index in [9.17, 15) is 9.59 Å². The lowest BCUT2D eigenvalue weighted by Gasteiger charge is -2.03. The van der Waals surface area contributed by atoms with Gasteiger partial charge in [-0.25, -0.2) is 4.79 Å². The lowest BCUT2D eigenvalue weighted by Crippen LogP contribution is -2.06. The summed E-state index contributed by atoms with van der Waals surface area (Å²) in [6.45, 7) is 4.36. The molecule has 0 aromatic carbocycles. The van der Waals surface area contributed by atoms with Crippen molar-refractivity contribution >= 4 is 29.7 Å². The molecule has 0 radical (unpaired) electrons. The number of carbonyl (C=O) groups is 2. The maximum absolute atomic E-state index is 11.2. The maximum atomic E-state index is 11.2. The van der Waals surface area contributed by atoms with Crippen LogP contribution in [0.25, 0.3) is 6.08 Å². The molecule has 16 heavy (non-hydrogen) atoms. The first-order valence-electron chi connectivity index (χ1n) is 5.01. The summed E-state index contributed by atoms with van der Waals surface area (Å²) in [5.74, 6) is -0.0522. The van der Waals surface area contributed by atoms with Crippen molar-refractivity contribution in [3.05, 3.63) is 28.0 Å². The molecule has 0 unspecified atom stereocenters. The highest BCUT2D eigenvalue weighted by molar-refractivity contribution is 7.11. The summed E-state index contributed by atoms with van der Waals surface area (Å²) in [6.07, 6.45) is 3.73. The van der Waals surface area contributed by atoms with Crippen LogP contribution >= 0.6 is 11.3 Å². The van der Waals surface area contributed by atoms with Crippen LogP contribution in [0.3, 0.4) is 0 Å². The van der Waals surface area contributed by atoms with Crippen molar-refractivity contribution in [2.24, 2.45) is 5.92 Å². The number of ether oxygens (including phenoxy) is 1. The van der Waals surface area contributed by atoms with Gasteiger partial charge in [-0.1, -0.05) is 13.8 Å². The summed E-state index contributed by atoms with van der Waals surface area (Å²) in [5.41, 5.74) is 0.595. The molecule has 0 bridgehead atoms. The van der Waals surface area contributed by atoms with Crippen molar-refractivity contribution in [2.45, 2.75) is 13.8 Å². The van der Waals surface area contributed by atoms with Gasteiger partial charge in [-0.2, -0.15) is 0 Å². The molecule has 4 heteroatoms. The third kappa shape index (κ3) is 3.98. The molecular weight excluding hydrogens is 224 g/mol. The maximum Gasteiger partial charge on any atom is 0.330 e. The predicted octanol–water partition coefficient (Wildman–Crippen LogP) is 2.77. The monoisotopic (exact) mass is 238 g/mol. The second kappa shape index (κ2) is 6.23. The Bertz CT molecular complexity index is 391. The number of rotatable bonds is 5. The van der Waals surface area contributed by atoms with Crippen LogP contribution in [0, 0.1) is 5.92 Å². The number of hydrogen-bond acceptors (Lipinski definition) is 4. The third-order valence-corrected chi connectivity index (χ3v) is 2.68. The molecule has 3 nitrogen and oxygen atoms in total. The average molecular weight is 238 g/mol. The van der Waals surface area contributed by atoms with E-state index in [1.807, 2.05) is 19.2 Å². The standard InChI is InChI=1S/C12H14O3S/c1-9(2)8-15-12(14)4-3-11-10(7-13)5-6-16-11/h3-7,9H,8H2,1-2H3/b4-3+. The zero-order chi connectivity index (χ0) is 12.0. The Labute approximate surface area is 98.7 Å². The second-order valence-corrected chi connectivity index (χ2v) is 4.66. The van der Waals surface area contributed by atoms with Gasteiger partial charge in [0.1, 0.15) is 0 Å². The van der Waals surface area contributed by atoms with Crippen molar-refractivity contribution in [3.63, 3.8) is 0 Å². The van der Waals surface area contributed by atoms with E-state index in [1.165, 1.54) is 17.4 Å². The molecule has 0 aliphatic rings. The van der Waals surface area contributed by atoms with Gasteiger partial charge in [-0.3, -0.25) is 4.79 Å². The number of hydrogen-bond donors (Lipinski definition) is 0. The van der Waals surface area contributed by atoms with E-state index in [2.05, 4.69) is 0 Å². The van der Waals surface area contributed by atoms with E-state index in [1.54, 1.807) is 12.1 Å². The fourth-order valence-corrected chi connectivity index (χ4v) is 1.76. The van der Waals surface area contributed by atoms with Crippen molar-refractivity contribution in [2.75, 3.05) is 6.61 Å². The second-order valence-electron chi connectivity index (χ2n) is 3.72. The normalized spacial score (nSPS) is 10.9. The first kappa shape index (κ1) is 12.6. The molecule has 86 valence electrons. The number of aldehydes is 1. The number of thiophene rings is 1. The molecule has 0 amide bonds. The lowest BCUT2D eigenvalue weighted by atomic mass is 10.2. The Kier molecular flexibility index (Phi) is 4.92. The molecule has 0 aliphatic carbocycles. The van der Waals surface area contributed by atoms with Crippen molar-refractivity contribution in [1.82, 2.24) is 0 Å². The minimum absolute atomic E-state index is 0.324. The molecule has 1 rings (SSSR count). The van der Waals surface area contributed by atoms with Gasteiger partial charge in [0.05, 0.1) is 6.61 Å². The molecule has 0 saturated heterocycles. The van der Waals surface area contributed by atoms with Gasteiger partial charge in [0.2, 0.25) is 0 Å². The fraction of sp³-hybridized carbons (Fsp3) is 0.333. The third-order valence-electron chi connectivity index (χ3n) is 1.78. The summed E-state index contributed by atoms with van der Waals surface area (Å²) in [4.78, 5) is 22.6. The summed E-state index contributed by atoms with van der Waals surface area (Å²) in [7, 11) is 0. The number of esters is 1. The first-order chi connectivity index (χ1) is 7.63. The molecule has 1 heterocycles. The van der Waals surface area contributed by atoms with Gasteiger partial charge in [0.15, 0.2) is 6.29 Å². The smallest absolute Gasteiger partial charge is 0.330 e. The Morgan fingerprint density at radius 1 is 1.56 bits per heavy atom. The van der Waals surface area contributed by atoms with Crippen LogP contribution in [0.4, 0.5) is 0 Å². The molecule has 0 aliphatic heterocycles. The molecular formula is C12H14O3S. The van der Waals surface area contributed by atoms with Gasteiger partial charge in [-0.05, 0) is 23.4 Å². The molecule has 0 saturated carbocycles. The van der Waals surface area contributed by atoms with Gasteiger partial charge in [0.25, 0.3) is 0 Å². The van der Waals surface area contributed by atoms with Crippen molar-refractivity contribution in [3.8, 4) is 0 Å². The largest absolute Gasteiger partial charge is 0.462 e. The van der Waals surface area contributed by atoms with E-state index >= 15 is 0 Å². The van der Waals surface area contributed by atoms with E-state index in [-0.39, 0.29) is 5.97 Å². The minimum atomic E-state index is -0.376. The van der Waals surface area contributed by atoms with Crippen molar-refractivity contribution < 1.29 is 14.3 Å². The van der Waals surface area contributed by atoms with E-state index in [0.29, 0.717) is 18.1 Å². The Morgan fingerprint density at radius 2 is 2.31 bits per heavy atom. The summed E-state index contributed by atoms with van der Waals surface area (Å²) in [5, 5.41) is 1.81. The molecule has 1 aromatic rings. The predicted molar refractivity (Wildman–Crippen MR) is 64.5 cm³/mol. The fourth-order valence-electron chi connectivity index (χ4n) is 1.00. The van der Waals surface area contributed by atoms with Gasteiger partial charge < -0.3 is 4.74 Å². The Balaban J connectivity index is 2.53. The quantitative estimate of drug-likeness (QED) is 0.450. The van der Waals surface area contributed by atoms with Crippen LogP contribution < -0.4 is 0 Å². The molecule has 0 N–H and O–H groups in total. The highest BCUT2D eigenvalue weighted by atomic mass is 32.1. The summed E-state index contributed by atoms with van der Waals surface area (Å²) >= 11 is 1.41. The van der Waals surface area contributed by atoms with Crippen LogP contribution in [-0.2, 0) is 9.53 Å². The van der Waals surface area contributed by atoms with Gasteiger partial charge in [-0.15, -0.1) is 11.3 Å². The van der Waals surface area contributed by atoms with Crippen LogP contribution in [0.15, 0.2) is 17.5 Å². The zero-order valence-corrected chi connectivity index (χ0v) is 10.1. The Hall–Kier alpha value is -1.42.